The van der Waals surface area contributed by atoms with E-state index in [1.807, 2.05) is 11.3 Å². The van der Waals surface area contributed by atoms with Crippen LogP contribution < -0.4 is 4.90 Å². The summed E-state index contributed by atoms with van der Waals surface area (Å²) in [5.74, 6) is 0.606. The van der Waals surface area contributed by atoms with Crippen molar-refractivity contribution in [3.8, 4) is 33.4 Å². The number of fused-ring (bicyclic) bond motifs is 4. The Hall–Kier alpha value is -5.96. The summed E-state index contributed by atoms with van der Waals surface area (Å²) in [6, 6.07) is 67.3. The minimum absolute atomic E-state index is 0.606. The molecule has 8 aromatic carbocycles. The summed E-state index contributed by atoms with van der Waals surface area (Å²) in [6.07, 6.45) is 6.54. The minimum Gasteiger partial charge on any atom is -0.310 e. The first-order valence-corrected chi connectivity index (χ1v) is 20.2. The van der Waals surface area contributed by atoms with E-state index in [0.29, 0.717) is 5.92 Å². The zero-order chi connectivity index (χ0) is 35.8. The second-order valence-corrected chi connectivity index (χ2v) is 15.8. The lowest BCUT2D eigenvalue weighted by atomic mass is 9.80. The largest absolute Gasteiger partial charge is 0.310 e. The van der Waals surface area contributed by atoms with Gasteiger partial charge in [0.1, 0.15) is 0 Å². The van der Waals surface area contributed by atoms with E-state index in [4.69, 9.17) is 0 Å². The van der Waals surface area contributed by atoms with Crippen molar-refractivity contribution in [2.24, 2.45) is 0 Å². The van der Waals surface area contributed by atoms with Gasteiger partial charge < -0.3 is 4.90 Å². The first-order valence-electron chi connectivity index (χ1n) is 19.4. The summed E-state index contributed by atoms with van der Waals surface area (Å²) in [5.41, 5.74) is 12.5. The van der Waals surface area contributed by atoms with Gasteiger partial charge in [-0.25, -0.2) is 0 Å². The van der Waals surface area contributed by atoms with E-state index in [9.17, 15) is 0 Å². The summed E-state index contributed by atoms with van der Waals surface area (Å²) in [5, 5.41) is 5.40. The quantitative estimate of drug-likeness (QED) is 0.159. The SMILES string of the molecule is c1ccc(-c2ccc(N(c3ccc(-c4cccc5sc6ccccc6c45)cc3)c3ccccc3-c3cccc4cccc(C5CCCCC5)c34)cc2)cc1. The highest BCUT2D eigenvalue weighted by molar-refractivity contribution is 7.25. The lowest BCUT2D eigenvalue weighted by molar-refractivity contribution is 0.445. The number of benzene rings is 8. The van der Waals surface area contributed by atoms with Crippen molar-refractivity contribution in [3.63, 3.8) is 0 Å². The van der Waals surface area contributed by atoms with Gasteiger partial charge in [-0.3, -0.25) is 0 Å². The molecule has 0 bridgehead atoms. The molecule has 54 heavy (non-hydrogen) atoms. The lowest BCUT2D eigenvalue weighted by Gasteiger charge is -2.29. The third-order valence-corrected chi connectivity index (χ3v) is 12.6. The Morgan fingerprint density at radius 3 is 1.80 bits per heavy atom. The molecule has 9 aromatic rings. The van der Waals surface area contributed by atoms with E-state index < -0.39 is 0 Å². The summed E-state index contributed by atoms with van der Waals surface area (Å²) in [7, 11) is 0. The number of nitrogens with zero attached hydrogens (tertiary/aromatic N) is 1. The van der Waals surface area contributed by atoms with Crippen molar-refractivity contribution in [1.82, 2.24) is 0 Å². The molecule has 0 atom stereocenters. The molecular weight excluding hydrogens is 671 g/mol. The molecule has 1 saturated carbocycles. The van der Waals surface area contributed by atoms with E-state index in [-0.39, 0.29) is 0 Å². The first kappa shape index (κ1) is 32.7. The van der Waals surface area contributed by atoms with Gasteiger partial charge in [0.2, 0.25) is 0 Å². The van der Waals surface area contributed by atoms with Crippen LogP contribution in [-0.4, -0.2) is 0 Å². The monoisotopic (exact) mass is 711 g/mol. The molecule has 0 N–H and O–H groups in total. The average Bonchev–Trinajstić information content (AvgIpc) is 3.64. The van der Waals surface area contributed by atoms with Crippen molar-refractivity contribution < 1.29 is 0 Å². The molecule has 0 saturated heterocycles. The van der Waals surface area contributed by atoms with E-state index >= 15 is 0 Å². The summed E-state index contributed by atoms with van der Waals surface area (Å²) in [6.45, 7) is 0. The Bertz CT molecular complexity index is 2730. The fraction of sp³-hybridized carbons (Fsp3) is 0.115. The van der Waals surface area contributed by atoms with E-state index in [2.05, 4.69) is 187 Å². The van der Waals surface area contributed by atoms with Gasteiger partial charge in [0.15, 0.2) is 0 Å². The fourth-order valence-electron chi connectivity index (χ4n) is 8.91. The lowest BCUT2D eigenvalue weighted by Crippen LogP contribution is -2.11. The second kappa shape index (κ2) is 14.1. The van der Waals surface area contributed by atoms with Gasteiger partial charge >= 0.3 is 0 Å². The highest BCUT2D eigenvalue weighted by atomic mass is 32.1. The third-order valence-electron chi connectivity index (χ3n) is 11.5. The summed E-state index contributed by atoms with van der Waals surface area (Å²) < 4.78 is 2.66. The zero-order valence-electron chi connectivity index (χ0n) is 30.3. The molecule has 0 radical (unpaired) electrons. The average molecular weight is 712 g/mol. The number of thiophene rings is 1. The maximum absolute atomic E-state index is 2.45. The highest BCUT2D eigenvalue weighted by Gasteiger charge is 2.23. The molecule has 0 amide bonds. The van der Waals surface area contributed by atoms with Crippen molar-refractivity contribution >= 4 is 59.3 Å². The highest BCUT2D eigenvalue weighted by Crippen LogP contribution is 2.47. The second-order valence-electron chi connectivity index (χ2n) is 14.7. The van der Waals surface area contributed by atoms with Crippen molar-refractivity contribution in [2.75, 3.05) is 4.90 Å². The van der Waals surface area contributed by atoms with Gasteiger partial charge in [-0.1, -0.05) is 159 Å². The van der Waals surface area contributed by atoms with Gasteiger partial charge in [-0.05, 0) is 105 Å². The standard InChI is InChI=1S/C52H41NS/c1-3-14-36(15-4-1)37-28-32-41(33-29-37)53(42-34-30-39(31-35-42)44-23-13-27-50-52(44)47-21-8-10-26-49(47)54-50)48-25-9-7-20-45(48)46-24-12-19-40-18-11-22-43(51(40)46)38-16-5-2-6-17-38/h1,3-4,7-15,18-35,38H,2,5-6,16-17H2. The van der Waals surface area contributed by atoms with Crippen LogP contribution in [0.5, 0.6) is 0 Å². The summed E-state index contributed by atoms with van der Waals surface area (Å²) in [4.78, 5) is 2.45. The zero-order valence-corrected chi connectivity index (χ0v) is 31.1. The molecule has 10 rings (SSSR count). The molecule has 1 nitrogen and oxygen atoms in total. The Kier molecular flexibility index (Phi) is 8.54. The van der Waals surface area contributed by atoms with Crippen molar-refractivity contribution in [3.05, 3.63) is 188 Å². The van der Waals surface area contributed by atoms with E-state index in [1.165, 1.54) is 108 Å². The number of rotatable bonds is 7. The molecule has 0 unspecified atom stereocenters. The predicted octanol–water partition coefficient (Wildman–Crippen LogP) is 15.7. The Balaban J connectivity index is 1.14. The van der Waals surface area contributed by atoms with Crippen LogP contribution in [0.4, 0.5) is 17.1 Å². The topological polar surface area (TPSA) is 3.24 Å². The van der Waals surface area contributed by atoms with Crippen molar-refractivity contribution in [2.45, 2.75) is 38.0 Å². The van der Waals surface area contributed by atoms with E-state index in [0.717, 1.165) is 11.4 Å². The summed E-state index contributed by atoms with van der Waals surface area (Å²) >= 11 is 1.87. The Labute approximate surface area is 321 Å². The minimum atomic E-state index is 0.606. The molecule has 260 valence electrons. The predicted molar refractivity (Wildman–Crippen MR) is 234 cm³/mol. The Morgan fingerprint density at radius 1 is 0.407 bits per heavy atom. The van der Waals surface area contributed by atoms with Crippen LogP contribution in [0.1, 0.15) is 43.6 Å². The maximum atomic E-state index is 2.45. The van der Waals surface area contributed by atoms with Crippen LogP contribution in [0.2, 0.25) is 0 Å². The van der Waals surface area contributed by atoms with Gasteiger partial charge in [-0.15, -0.1) is 11.3 Å². The van der Waals surface area contributed by atoms with Crippen LogP contribution >= 0.6 is 11.3 Å². The van der Waals surface area contributed by atoms with Gasteiger partial charge in [0.25, 0.3) is 0 Å². The fourth-order valence-corrected chi connectivity index (χ4v) is 10.0. The van der Waals surface area contributed by atoms with Crippen LogP contribution in [-0.2, 0) is 0 Å². The maximum Gasteiger partial charge on any atom is 0.0540 e. The normalized spacial score (nSPS) is 13.5. The third kappa shape index (κ3) is 5.88. The molecule has 1 aliphatic carbocycles. The molecule has 1 aromatic heterocycles. The Morgan fingerprint density at radius 2 is 1.00 bits per heavy atom. The number of para-hydroxylation sites is 1. The van der Waals surface area contributed by atoms with Gasteiger partial charge in [0, 0.05) is 37.1 Å². The molecule has 0 aliphatic heterocycles. The van der Waals surface area contributed by atoms with Gasteiger partial charge in [-0.2, -0.15) is 0 Å². The number of anilines is 3. The molecule has 1 aliphatic rings. The number of hydrogen-bond acceptors (Lipinski definition) is 2. The van der Waals surface area contributed by atoms with Crippen LogP contribution in [0, 0.1) is 0 Å². The molecule has 0 spiro atoms. The van der Waals surface area contributed by atoms with Crippen LogP contribution in [0.3, 0.4) is 0 Å². The molecule has 2 heteroatoms. The smallest absolute Gasteiger partial charge is 0.0540 e. The van der Waals surface area contributed by atoms with Crippen molar-refractivity contribution in [1.29, 1.82) is 0 Å². The van der Waals surface area contributed by atoms with Gasteiger partial charge in [0.05, 0.1) is 5.69 Å². The number of hydrogen-bond donors (Lipinski definition) is 0. The van der Waals surface area contributed by atoms with Crippen LogP contribution in [0.15, 0.2) is 182 Å². The van der Waals surface area contributed by atoms with E-state index in [1.54, 1.807) is 0 Å². The molecule has 1 fully saturated rings. The first-order chi connectivity index (χ1) is 26.8. The molecule has 1 heterocycles. The molecular formula is C52H41NS. The van der Waals surface area contributed by atoms with Crippen LogP contribution in [0.25, 0.3) is 64.3 Å².